The van der Waals surface area contributed by atoms with Crippen LogP contribution in [0.5, 0.6) is 6.01 Å². The van der Waals surface area contributed by atoms with Gasteiger partial charge in [-0.25, -0.2) is 0 Å². The highest BCUT2D eigenvalue weighted by molar-refractivity contribution is 6.28. The molecule has 8 heteroatoms. The summed E-state index contributed by atoms with van der Waals surface area (Å²) < 4.78 is 10.3. The van der Waals surface area contributed by atoms with Crippen LogP contribution in [0.2, 0.25) is 5.28 Å². The first-order valence-corrected chi connectivity index (χ1v) is 6.15. The van der Waals surface area contributed by atoms with Crippen LogP contribution in [0.1, 0.15) is 25.3 Å². The minimum absolute atomic E-state index is 0.0375. The molecule has 0 aliphatic carbocycles. The van der Waals surface area contributed by atoms with Crippen molar-refractivity contribution < 1.29 is 9.26 Å². The van der Waals surface area contributed by atoms with E-state index in [1.165, 1.54) is 0 Å². The molecule has 0 bridgehead atoms. The summed E-state index contributed by atoms with van der Waals surface area (Å²) >= 11 is 5.80. The maximum atomic E-state index is 5.80. The maximum absolute atomic E-state index is 5.80. The van der Waals surface area contributed by atoms with Crippen molar-refractivity contribution in [3.05, 3.63) is 22.8 Å². The molecule has 19 heavy (non-hydrogen) atoms. The summed E-state index contributed by atoms with van der Waals surface area (Å²) in [4.78, 5) is 11.9. The second-order valence-electron chi connectivity index (χ2n) is 4.16. The summed E-state index contributed by atoms with van der Waals surface area (Å²) in [5, 5.41) is 6.90. The van der Waals surface area contributed by atoms with Gasteiger partial charge >= 0.3 is 6.01 Å². The van der Waals surface area contributed by atoms with Gasteiger partial charge in [0.2, 0.25) is 11.2 Å². The topological polar surface area (TPSA) is 86.0 Å². The standard InChI is InChI=1S/C11H14ClN5O2/c1-6(2)18-11-15-9(12)14-10(16-11)13-5-8-4-7(3)19-17-8/h4,6H,5H2,1-3H3,(H,13,14,15,16). The van der Waals surface area contributed by atoms with E-state index < -0.39 is 0 Å². The molecule has 0 aliphatic rings. The van der Waals surface area contributed by atoms with Gasteiger partial charge in [0.25, 0.3) is 0 Å². The summed E-state index contributed by atoms with van der Waals surface area (Å²) in [7, 11) is 0. The third-order valence-electron chi connectivity index (χ3n) is 2.03. The lowest BCUT2D eigenvalue weighted by Gasteiger charge is -2.09. The Balaban J connectivity index is 2.05. The van der Waals surface area contributed by atoms with Crippen molar-refractivity contribution in [2.24, 2.45) is 0 Å². The zero-order chi connectivity index (χ0) is 13.8. The number of ether oxygens (including phenoxy) is 1. The average Bonchev–Trinajstić information content (AvgIpc) is 2.71. The molecule has 2 heterocycles. The van der Waals surface area contributed by atoms with Gasteiger partial charge in [-0.2, -0.15) is 15.0 Å². The Morgan fingerprint density at radius 3 is 2.79 bits per heavy atom. The molecule has 2 aromatic rings. The van der Waals surface area contributed by atoms with Crippen molar-refractivity contribution in [3.8, 4) is 6.01 Å². The van der Waals surface area contributed by atoms with E-state index >= 15 is 0 Å². The molecule has 0 unspecified atom stereocenters. The maximum Gasteiger partial charge on any atom is 0.322 e. The van der Waals surface area contributed by atoms with E-state index in [0.717, 1.165) is 11.5 Å². The Morgan fingerprint density at radius 2 is 2.16 bits per heavy atom. The molecule has 0 aromatic carbocycles. The molecular weight excluding hydrogens is 270 g/mol. The number of anilines is 1. The Bertz CT molecular complexity index is 558. The van der Waals surface area contributed by atoms with E-state index in [1.807, 2.05) is 26.8 Å². The predicted molar refractivity (Wildman–Crippen MR) is 69.2 cm³/mol. The Morgan fingerprint density at radius 1 is 1.37 bits per heavy atom. The third-order valence-corrected chi connectivity index (χ3v) is 2.20. The number of hydrogen-bond acceptors (Lipinski definition) is 7. The highest BCUT2D eigenvalue weighted by atomic mass is 35.5. The Hall–Kier alpha value is -1.89. The van der Waals surface area contributed by atoms with Crippen molar-refractivity contribution >= 4 is 17.5 Å². The first kappa shape index (κ1) is 13.5. The first-order valence-electron chi connectivity index (χ1n) is 5.77. The number of nitrogens with one attached hydrogen (secondary N) is 1. The van der Waals surface area contributed by atoms with Gasteiger partial charge < -0.3 is 14.6 Å². The molecule has 0 amide bonds. The zero-order valence-electron chi connectivity index (χ0n) is 10.8. The van der Waals surface area contributed by atoms with Crippen LogP contribution >= 0.6 is 11.6 Å². The summed E-state index contributed by atoms with van der Waals surface area (Å²) in [6.45, 7) is 6.01. The number of aryl methyl sites for hydroxylation is 1. The van der Waals surface area contributed by atoms with Crippen LogP contribution in [0.3, 0.4) is 0 Å². The van der Waals surface area contributed by atoms with Crippen molar-refractivity contribution in [3.63, 3.8) is 0 Å². The summed E-state index contributed by atoms with van der Waals surface area (Å²) in [6, 6.07) is 2.01. The molecule has 0 aliphatic heterocycles. The van der Waals surface area contributed by atoms with Crippen LogP contribution in [0.15, 0.2) is 10.6 Å². The highest BCUT2D eigenvalue weighted by Crippen LogP contribution is 2.13. The van der Waals surface area contributed by atoms with Crippen molar-refractivity contribution in [1.82, 2.24) is 20.1 Å². The molecule has 1 N–H and O–H groups in total. The molecule has 0 saturated carbocycles. The molecular formula is C11H14ClN5O2. The van der Waals surface area contributed by atoms with E-state index in [9.17, 15) is 0 Å². The second-order valence-corrected chi connectivity index (χ2v) is 4.50. The van der Waals surface area contributed by atoms with E-state index in [1.54, 1.807) is 0 Å². The molecule has 0 spiro atoms. The van der Waals surface area contributed by atoms with Gasteiger partial charge in [-0.15, -0.1) is 0 Å². The van der Waals surface area contributed by atoms with Gasteiger partial charge in [0, 0.05) is 6.07 Å². The fraction of sp³-hybridized carbons (Fsp3) is 0.455. The first-order chi connectivity index (χ1) is 9.02. The van der Waals surface area contributed by atoms with Crippen molar-refractivity contribution in [1.29, 1.82) is 0 Å². The van der Waals surface area contributed by atoms with Crippen LogP contribution in [0, 0.1) is 6.92 Å². The predicted octanol–water partition coefficient (Wildman–Crippen LogP) is 2.22. The summed E-state index contributed by atoms with van der Waals surface area (Å²) in [5.74, 6) is 1.07. The van der Waals surface area contributed by atoms with Crippen LogP contribution in [0.25, 0.3) is 0 Å². The Kier molecular flexibility index (Phi) is 4.16. The number of halogens is 1. The van der Waals surface area contributed by atoms with Crippen LogP contribution < -0.4 is 10.1 Å². The lowest BCUT2D eigenvalue weighted by Crippen LogP contribution is -2.11. The van der Waals surface area contributed by atoms with E-state index in [0.29, 0.717) is 12.5 Å². The number of aromatic nitrogens is 4. The van der Waals surface area contributed by atoms with E-state index in [2.05, 4.69) is 25.4 Å². The Labute approximate surface area is 115 Å². The fourth-order valence-electron chi connectivity index (χ4n) is 1.35. The third kappa shape index (κ3) is 4.06. The molecule has 2 rings (SSSR count). The molecule has 7 nitrogen and oxygen atoms in total. The van der Waals surface area contributed by atoms with Gasteiger partial charge in [-0.3, -0.25) is 0 Å². The van der Waals surface area contributed by atoms with Crippen molar-refractivity contribution in [2.45, 2.75) is 33.4 Å². The van der Waals surface area contributed by atoms with Crippen LogP contribution in [0.4, 0.5) is 5.95 Å². The summed E-state index contributed by atoms with van der Waals surface area (Å²) in [5.41, 5.74) is 0.750. The second kappa shape index (κ2) is 5.83. The monoisotopic (exact) mass is 283 g/mol. The molecule has 0 atom stereocenters. The van der Waals surface area contributed by atoms with Crippen molar-refractivity contribution in [2.75, 3.05) is 5.32 Å². The quantitative estimate of drug-likeness (QED) is 0.900. The molecule has 0 saturated heterocycles. The van der Waals surface area contributed by atoms with Crippen LogP contribution in [-0.2, 0) is 6.54 Å². The zero-order valence-corrected chi connectivity index (χ0v) is 11.6. The number of nitrogens with zero attached hydrogens (tertiary/aromatic N) is 4. The molecule has 0 radical (unpaired) electrons. The molecule has 102 valence electrons. The van der Waals surface area contributed by atoms with Gasteiger partial charge in [0.1, 0.15) is 11.5 Å². The molecule has 0 fully saturated rings. The minimum atomic E-state index is -0.0375. The fourth-order valence-corrected chi connectivity index (χ4v) is 1.50. The van der Waals surface area contributed by atoms with Gasteiger partial charge in [-0.05, 0) is 32.4 Å². The largest absolute Gasteiger partial charge is 0.461 e. The van der Waals surface area contributed by atoms with E-state index in [-0.39, 0.29) is 17.4 Å². The van der Waals surface area contributed by atoms with E-state index in [4.69, 9.17) is 20.9 Å². The summed E-state index contributed by atoms with van der Waals surface area (Å²) in [6.07, 6.45) is -0.0375. The molecule has 2 aromatic heterocycles. The van der Waals surface area contributed by atoms with Crippen LogP contribution in [-0.4, -0.2) is 26.2 Å². The highest BCUT2D eigenvalue weighted by Gasteiger charge is 2.08. The number of rotatable bonds is 5. The lowest BCUT2D eigenvalue weighted by molar-refractivity contribution is 0.222. The smallest absolute Gasteiger partial charge is 0.322 e. The normalized spacial score (nSPS) is 10.8. The van der Waals surface area contributed by atoms with Gasteiger partial charge in [0.15, 0.2) is 0 Å². The average molecular weight is 284 g/mol. The van der Waals surface area contributed by atoms with Gasteiger partial charge in [-0.1, -0.05) is 5.16 Å². The minimum Gasteiger partial charge on any atom is -0.461 e. The SMILES string of the molecule is Cc1cc(CNc2nc(Cl)nc(OC(C)C)n2)no1. The lowest BCUT2D eigenvalue weighted by atomic mass is 10.4. The number of hydrogen-bond donors (Lipinski definition) is 1. The van der Waals surface area contributed by atoms with Gasteiger partial charge in [0.05, 0.1) is 12.6 Å².